The number of rotatable bonds is 2. The number of nitrogens with zero attached hydrogens (tertiary/aromatic N) is 1. The van der Waals surface area contributed by atoms with Crippen molar-refractivity contribution in [3.05, 3.63) is 24.8 Å². The van der Waals surface area contributed by atoms with Gasteiger partial charge in [-0.1, -0.05) is 25.2 Å². The van der Waals surface area contributed by atoms with Gasteiger partial charge in [0, 0.05) is 6.54 Å². The molecule has 0 saturated heterocycles. The standard InChI is InChI=1S/C11H17NO2/c1-4-9(2)10-7-5-6-8-12(10)11(13)14-3/h4-5,7,9-10H,1,6,8H2,2-3H3. The summed E-state index contributed by atoms with van der Waals surface area (Å²) in [6.07, 6.45) is 6.65. The minimum absolute atomic E-state index is 0.0914. The Hall–Kier alpha value is -1.25. The molecule has 0 N–H and O–H groups in total. The molecule has 2 unspecified atom stereocenters. The molecule has 3 heteroatoms. The third-order valence-electron chi connectivity index (χ3n) is 2.55. The molecule has 14 heavy (non-hydrogen) atoms. The first-order chi connectivity index (χ1) is 6.70. The topological polar surface area (TPSA) is 29.5 Å². The molecule has 1 rings (SSSR count). The Labute approximate surface area is 85.0 Å². The van der Waals surface area contributed by atoms with Crippen LogP contribution in [0.3, 0.4) is 0 Å². The quantitative estimate of drug-likeness (QED) is 0.632. The van der Waals surface area contributed by atoms with Gasteiger partial charge in [0.15, 0.2) is 0 Å². The van der Waals surface area contributed by atoms with E-state index in [1.807, 2.05) is 19.1 Å². The highest BCUT2D eigenvalue weighted by Crippen LogP contribution is 2.19. The fourth-order valence-electron chi connectivity index (χ4n) is 1.63. The fraction of sp³-hybridized carbons (Fsp3) is 0.545. The van der Waals surface area contributed by atoms with E-state index in [9.17, 15) is 4.79 Å². The Balaban J connectivity index is 2.77. The molecular weight excluding hydrogens is 178 g/mol. The molecule has 0 saturated carbocycles. The molecule has 0 aliphatic carbocycles. The van der Waals surface area contributed by atoms with Gasteiger partial charge in [0.25, 0.3) is 0 Å². The second-order valence-electron chi connectivity index (χ2n) is 3.47. The molecular formula is C11H17NO2. The lowest BCUT2D eigenvalue weighted by Crippen LogP contribution is -2.44. The summed E-state index contributed by atoms with van der Waals surface area (Å²) in [6.45, 7) is 6.52. The molecule has 78 valence electrons. The highest BCUT2D eigenvalue weighted by atomic mass is 16.5. The molecule has 1 aliphatic heterocycles. The van der Waals surface area contributed by atoms with Crippen LogP contribution in [0.5, 0.6) is 0 Å². The van der Waals surface area contributed by atoms with Crippen molar-refractivity contribution in [2.45, 2.75) is 19.4 Å². The van der Waals surface area contributed by atoms with Crippen LogP contribution >= 0.6 is 0 Å². The van der Waals surface area contributed by atoms with Crippen LogP contribution in [0.15, 0.2) is 24.8 Å². The zero-order valence-electron chi connectivity index (χ0n) is 8.77. The second-order valence-corrected chi connectivity index (χ2v) is 3.47. The lowest BCUT2D eigenvalue weighted by molar-refractivity contribution is 0.105. The number of hydrogen-bond acceptors (Lipinski definition) is 2. The molecule has 0 aromatic carbocycles. The highest BCUT2D eigenvalue weighted by Gasteiger charge is 2.26. The van der Waals surface area contributed by atoms with Crippen molar-refractivity contribution < 1.29 is 9.53 Å². The van der Waals surface area contributed by atoms with Crippen molar-refractivity contribution in [1.82, 2.24) is 4.90 Å². The summed E-state index contributed by atoms with van der Waals surface area (Å²) >= 11 is 0. The van der Waals surface area contributed by atoms with E-state index in [0.29, 0.717) is 0 Å². The van der Waals surface area contributed by atoms with Crippen molar-refractivity contribution in [1.29, 1.82) is 0 Å². The molecule has 0 fully saturated rings. The molecule has 1 aliphatic rings. The van der Waals surface area contributed by atoms with Crippen molar-refractivity contribution >= 4 is 6.09 Å². The van der Waals surface area contributed by atoms with Gasteiger partial charge < -0.3 is 9.64 Å². The number of carbonyl (C=O) groups excluding carboxylic acids is 1. The van der Waals surface area contributed by atoms with Crippen LogP contribution in [0, 0.1) is 5.92 Å². The second kappa shape index (κ2) is 4.84. The maximum absolute atomic E-state index is 11.4. The smallest absolute Gasteiger partial charge is 0.410 e. The van der Waals surface area contributed by atoms with Crippen LogP contribution in [0.25, 0.3) is 0 Å². The third-order valence-corrected chi connectivity index (χ3v) is 2.55. The molecule has 2 atom stereocenters. The van der Waals surface area contributed by atoms with Gasteiger partial charge in [-0.15, -0.1) is 6.58 Å². The summed E-state index contributed by atoms with van der Waals surface area (Å²) in [7, 11) is 1.41. The molecule has 3 nitrogen and oxygen atoms in total. The van der Waals surface area contributed by atoms with Crippen LogP contribution in [0.1, 0.15) is 13.3 Å². The first-order valence-corrected chi connectivity index (χ1v) is 4.84. The predicted molar refractivity (Wildman–Crippen MR) is 56.0 cm³/mol. The zero-order valence-corrected chi connectivity index (χ0v) is 8.77. The maximum atomic E-state index is 11.4. The summed E-state index contributed by atoms with van der Waals surface area (Å²) in [5.74, 6) is 0.255. The number of carbonyl (C=O) groups is 1. The molecule has 0 bridgehead atoms. The summed E-state index contributed by atoms with van der Waals surface area (Å²) in [6, 6.07) is 0.0914. The first kappa shape index (κ1) is 10.8. The van der Waals surface area contributed by atoms with E-state index in [2.05, 4.69) is 12.7 Å². The summed E-state index contributed by atoms with van der Waals surface area (Å²) in [5.41, 5.74) is 0. The Kier molecular flexibility index (Phi) is 3.74. The zero-order chi connectivity index (χ0) is 10.6. The van der Waals surface area contributed by atoms with Crippen LogP contribution in [-0.2, 0) is 4.74 Å². The van der Waals surface area contributed by atoms with Gasteiger partial charge in [0.2, 0.25) is 0 Å². The van der Waals surface area contributed by atoms with Crippen LogP contribution in [0.2, 0.25) is 0 Å². The van der Waals surface area contributed by atoms with E-state index in [1.54, 1.807) is 4.90 Å². The molecule has 0 radical (unpaired) electrons. The van der Waals surface area contributed by atoms with Crippen molar-refractivity contribution in [3.8, 4) is 0 Å². The van der Waals surface area contributed by atoms with Gasteiger partial charge in [0.05, 0.1) is 13.2 Å². The van der Waals surface area contributed by atoms with Gasteiger partial charge in [-0.2, -0.15) is 0 Å². The largest absolute Gasteiger partial charge is 0.453 e. The molecule has 0 aromatic rings. The van der Waals surface area contributed by atoms with Crippen LogP contribution in [0.4, 0.5) is 4.79 Å². The lowest BCUT2D eigenvalue weighted by atomic mass is 9.97. The molecule has 0 spiro atoms. The maximum Gasteiger partial charge on any atom is 0.410 e. The predicted octanol–water partition coefficient (Wildman–Crippen LogP) is 2.21. The average molecular weight is 195 g/mol. The van der Waals surface area contributed by atoms with Crippen LogP contribution < -0.4 is 0 Å². The monoisotopic (exact) mass is 195 g/mol. The van der Waals surface area contributed by atoms with Gasteiger partial charge in [0.1, 0.15) is 0 Å². The Morgan fingerprint density at radius 1 is 1.79 bits per heavy atom. The first-order valence-electron chi connectivity index (χ1n) is 4.84. The number of methoxy groups -OCH3 is 1. The van der Waals surface area contributed by atoms with Crippen molar-refractivity contribution in [3.63, 3.8) is 0 Å². The van der Waals surface area contributed by atoms with E-state index in [4.69, 9.17) is 4.74 Å². The highest BCUT2D eigenvalue weighted by molar-refractivity contribution is 5.68. The lowest BCUT2D eigenvalue weighted by Gasteiger charge is -2.33. The normalized spacial score (nSPS) is 23.0. The van der Waals surface area contributed by atoms with E-state index < -0.39 is 0 Å². The van der Waals surface area contributed by atoms with E-state index in [1.165, 1.54) is 7.11 Å². The van der Waals surface area contributed by atoms with Crippen molar-refractivity contribution in [2.75, 3.05) is 13.7 Å². The Morgan fingerprint density at radius 3 is 3.07 bits per heavy atom. The summed E-state index contributed by atoms with van der Waals surface area (Å²) in [5, 5.41) is 0. The van der Waals surface area contributed by atoms with Gasteiger partial charge in [-0.05, 0) is 12.3 Å². The van der Waals surface area contributed by atoms with Crippen LogP contribution in [-0.4, -0.2) is 30.7 Å². The minimum atomic E-state index is -0.256. The molecule has 1 amide bonds. The minimum Gasteiger partial charge on any atom is -0.453 e. The third kappa shape index (κ3) is 2.16. The molecule has 1 heterocycles. The number of amides is 1. The van der Waals surface area contributed by atoms with E-state index >= 15 is 0 Å². The summed E-state index contributed by atoms with van der Waals surface area (Å²) < 4.78 is 4.73. The van der Waals surface area contributed by atoms with Gasteiger partial charge in [-0.3, -0.25) is 0 Å². The Bertz CT molecular complexity index is 248. The molecule has 0 aromatic heterocycles. The average Bonchev–Trinajstić information content (AvgIpc) is 2.27. The van der Waals surface area contributed by atoms with E-state index in [-0.39, 0.29) is 18.1 Å². The van der Waals surface area contributed by atoms with Crippen molar-refractivity contribution in [2.24, 2.45) is 5.92 Å². The number of ether oxygens (including phenoxy) is 1. The number of hydrogen-bond donors (Lipinski definition) is 0. The fourth-order valence-corrected chi connectivity index (χ4v) is 1.63. The Morgan fingerprint density at radius 2 is 2.50 bits per heavy atom. The van der Waals surface area contributed by atoms with E-state index in [0.717, 1.165) is 13.0 Å². The SMILES string of the molecule is C=CC(C)C1C=CCCN1C(=O)OC. The van der Waals surface area contributed by atoms with Gasteiger partial charge in [-0.25, -0.2) is 4.79 Å². The summed E-state index contributed by atoms with van der Waals surface area (Å²) in [4.78, 5) is 13.2. The van der Waals surface area contributed by atoms with Gasteiger partial charge >= 0.3 is 6.09 Å².